The zero-order valence-corrected chi connectivity index (χ0v) is 14.6. The van der Waals surface area contributed by atoms with Gasteiger partial charge in [-0.25, -0.2) is 4.98 Å². The fourth-order valence-electron chi connectivity index (χ4n) is 3.10. The van der Waals surface area contributed by atoms with Crippen LogP contribution in [0, 0.1) is 0 Å². The van der Waals surface area contributed by atoms with Crippen LogP contribution in [-0.4, -0.2) is 47.9 Å². The van der Waals surface area contributed by atoms with Crippen LogP contribution >= 0.6 is 11.3 Å². The van der Waals surface area contributed by atoms with Gasteiger partial charge in [-0.15, -0.1) is 11.3 Å². The average molecular weight is 329 g/mol. The van der Waals surface area contributed by atoms with Gasteiger partial charge in [0.1, 0.15) is 0 Å². The summed E-state index contributed by atoms with van der Waals surface area (Å²) in [5.41, 5.74) is 2.01. The molecule has 2 aromatic rings. The van der Waals surface area contributed by atoms with Crippen LogP contribution in [0.4, 0.5) is 0 Å². The molecule has 0 saturated carbocycles. The second kappa shape index (κ2) is 7.23. The van der Waals surface area contributed by atoms with Crippen LogP contribution in [0.5, 0.6) is 0 Å². The van der Waals surface area contributed by atoms with Crippen molar-refractivity contribution < 1.29 is 4.79 Å². The van der Waals surface area contributed by atoms with E-state index in [0.29, 0.717) is 5.92 Å². The molecule has 1 amide bonds. The summed E-state index contributed by atoms with van der Waals surface area (Å²) in [6.45, 7) is 2.52. The maximum Gasteiger partial charge on any atom is 0.253 e. The molecule has 3 rings (SSSR count). The van der Waals surface area contributed by atoms with Crippen LogP contribution in [0.1, 0.15) is 39.7 Å². The summed E-state index contributed by atoms with van der Waals surface area (Å²) in [6, 6.07) is 8.01. The minimum Gasteiger partial charge on any atom is -0.338 e. The van der Waals surface area contributed by atoms with E-state index in [1.54, 1.807) is 11.3 Å². The summed E-state index contributed by atoms with van der Waals surface area (Å²) >= 11 is 1.69. The van der Waals surface area contributed by atoms with Gasteiger partial charge >= 0.3 is 0 Å². The smallest absolute Gasteiger partial charge is 0.253 e. The van der Waals surface area contributed by atoms with Gasteiger partial charge in [0.25, 0.3) is 5.91 Å². The third kappa shape index (κ3) is 3.98. The van der Waals surface area contributed by atoms with E-state index < -0.39 is 0 Å². The van der Waals surface area contributed by atoms with Gasteiger partial charge in [0.15, 0.2) is 0 Å². The number of benzene rings is 1. The Morgan fingerprint density at radius 2 is 2.13 bits per heavy atom. The number of hydrogen-bond acceptors (Lipinski definition) is 4. The summed E-state index contributed by atoms with van der Waals surface area (Å²) in [6.07, 6.45) is 4.03. The number of carbonyl (C=O) groups excluding carboxylic acids is 1. The molecule has 4 nitrogen and oxygen atoms in total. The van der Waals surface area contributed by atoms with Gasteiger partial charge in [0.2, 0.25) is 0 Å². The highest BCUT2D eigenvalue weighted by molar-refractivity contribution is 7.09. The van der Waals surface area contributed by atoms with Crippen LogP contribution in [0.2, 0.25) is 0 Å². The highest BCUT2D eigenvalue weighted by atomic mass is 32.1. The summed E-state index contributed by atoms with van der Waals surface area (Å²) < 4.78 is 0. The van der Waals surface area contributed by atoms with Gasteiger partial charge in [-0.2, -0.15) is 0 Å². The van der Waals surface area contributed by atoms with Crippen molar-refractivity contribution in [1.82, 2.24) is 14.8 Å². The second-order valence-electron chi connectivity index (χ2n) is 6.40. The molecule has 1 atom stereocenters. The number of hydrogen-bond donors (Lipinski definition) is 0. The predicted octanol–water partition coefficient (Wildman–Crippen LogP) is 3.22. The lowest BCUT2D eigenvalue weighted by molar-refractivity contribution is 0.0707. The van der Waals surface area contributed by atoms with E-state index in [-0.39, 0.29) is 5.91 Å². The Hall–Kier alpha value is -1.72. The number of thiazole rings is 1. The number of likely N-dealkylation sites (tertiary alicyclic amines) is 1. The Morgan fingerprint density at radius 3 is 2.78 bits per heavy atom. The first-order valence-corrected chi connectivity index (χ1v) is 8.94. The maximum absolute atomic E-state index is 12.7. The van der Waals surface area contributed by atoms with Gasteiger partial charge in [0.05, 0.1) is 5.01 Å². The summed E-state index contributed by atoms with van der Waals surface area (Å²) in [5.74, 6) is 0.531. The van der Waals surface area contributed by atoms with Gasteiger partial charge in [-0.3, -0.25) is 4.79 Å². The number of piperidine rings is 1. The minimum atomic E-state index is 0.141. The highest BCUT2D eigenvalue weighted by Crippen LogP contribution is 2.28. The van der Waals surface area contributed by atoms with Crippen molar-refractivity contribution >= 4 is 17.2 Å². The standard InChI is InChI=1S/C18H23N3OS/c1-20(2)12-14-5-7-15(8-6-14)18(22)21-10-3-4-16(13-21)17-19-9-11-23-17/h5-9,11,16H,3-4,10,12-13H2,1-2H3. The molecule has 1 unspecified atom stereocenters. The molecule has 1 aliphatic heterocycles. The largest absolute Gasteiger partial charge is 0.338 e. The van der Waals surface area contributed by atoms with Crippen molar-refractivity contribution in [3.05, 3.63) is 52.0 Å². The first-order valence-electron chi connectivity index (χ1n) is 8.06. The lowest BCUT2D eigenvalue weighted by atomic mass is 9.98. The molecule has 122 valence electrons. The topological polar surface area (TPSA) is 36.4 Å². The molecule has 1 aromatic heterocycles. The predicted molar refractivity (Wildman–Crippen MR) is 93.8 cm³/mol. The molecular weight excluding hydrogens is 306 g/mol. The molecule has 2 heterocycles. The lowest BCUT2D eigenvalue weighted by Crippen LogP contribution is -2.39. The number of nitrogens with zero attached hydrogens (tertiary/aromatic N) is 3. The van der Waals surface area contributed by atoms with E-state index >= 15 is 0 Å². The van der Waals surface area contributed by atoms with Gasteiger partial charge in [0, 0.05) is 42.7 Å². The minimum absolute atomic E-state index is 0.141. The normalized spacial score (nSPS) is 18.4. The van der Waals surface area contributed by atoms with Crippen molar-refractivity contribution in [3.8, 4) is 0 Å². The molecule has 1 saturated heterocycles. The van der Waals surface area contributed by atoms with Gasteiger partial charge < -0.3 is 9.80 Å². The lowest BCUT2D eigenvalue weighted by Gasteiger charge is -2.32. The number of aromatic nitrogens is 1. The van der Waals surface area contributed by atoms with Crippen molar-refractivity contribution in [2.24, 2.45) is 0 Å². The van der Waals surface area contributed by atoms with E-state index in [1.807, 2.05) is 42.7 Å². The fourth-order valence-corrected chi connectivity index (χ4v) is 3.87. The first-order chi connectivity index (χ1) is 11.1. The number of carbonyl (C=O) groups is 1. The Balaban J connectivity index is 1.67. The van der Waals surface area contributed by atoms with Crippen LogP contribution in [0.15, 0.2) is 35.8 Å². The average Bonchev–Trinajstić information content (AvgIpc) is 3.09. The van der Waals surface area contributed by atoms with Crippen LogP contribution < -0.4 is 0 Å². The first kappa shape index (κ1) is 16.1. The van der Waals surface area contributed by atoms with E-state index in [4.69, 9.17) is 0 Å². The Bertz CT molecular complexity index is 637. The molecule has 1 aliphatic rings. The quantitative estimate of drug-likeness (QED) is 0.864. The fraction of sp³-hybridized carbons (Fsp3) is 0.444. The van der Waals surface area contributed by atoms with Crippen molar-refractivity contribution in [1.29, 1.82) is 0 Å². The third-order valence-corrected chi connectivity index (χ3v) is 5.15. The number of amides is 1. The van der Waals surface area contributed by atoms with Crippen LogP contribution in [0.3, 0.4) is 0 Å². The van der Waals surface area contributed by atoms with E-state index in [1.165, 1.54) is 5.56 Å². The molecule has 1 aromatic carbocycles. The highest BCUT2D eigenvalue weighted by Gasteiger charge is 2.26. The Kier molecular flexibility index (Phi) is 5.08. The molecule has 0 radical (unpaired) electrons. The van der Waals surface area contributed by atoms with Crippen LogP contribution in [-0.2, 0) is 6.54 Å². The molecule has 1 fully saturated rings. The molecular formula is C18H23N3OS. The molecule has 0 bridgehead atoms. The van der Waals surface area contributed by atoms with Crippen molar-refractivity contribution in [3.63, 3.8) is 0 Å². The third-order valence-electron chi connectivity index (χ3n) is 4.21. The maximum atomic E-state index is 12.7. The Morgan fingerprint density at radius 1 is 1.35 bits per heavy atom. The SMILES string of the molecule is CN(C)Cc1ccc(C(=O)N2CCCC(c3nccs3)C2)cc1. The molecule has 0 aliphatic carbocycles. The van der Waals surface area contributed by atoms with Gasteiger partial charge in [-0.1, -0.05) is 12.1 Å². The monoisotopic (exact) mass is 329 g/mol. The van der Waals surface area contributed by atoms with E-state index in [2.05, 4.69) is 22.0 Å². The molecule has 0 N–H and O–H groups in total. The summed E-state index contributed by atoms with van der Waals surface area (Å²) in [4.78, 5) is 21.3. The van der Waals surface area contributed by atoms with Crippen molar-refractivity contribution in [2.45, 2.75) is 25.3 Å². The summed E-state index contributed by atoms with van der Waals surface area (Å²) in [5, 5.41) is 3.17. The van der Waals surface area contributed by atoms with Gasteiger partial charge in [-0.05, 0) is 44.6 Å². The zero-order chi connectivity index (χ0) is 16.2. The Labute approximate surface area is 141 Å². The van der Waals surface area contributed by atoms with E-state index in [9.17, 15) is 4.79 Å². The van der Waals surface area contributed by atoms with E-state index in [0.717, 1.165) is 43.0 Å². The number of rotatable bonds is 4. The molecule has 0 spiro atoms. The van der Waals surface area contributed by atoms with Crippen LogP contribution in [0.25, 0.3) is 0 Å². The zero-order valence-electron chi connectivity index (χ0n) is 13.7. The molecule has 23 heavy (non-hydrogen) atoms. The second-order valence-corrected chi connectivity index (χ2v) is 7.32. The van der Waals surface area contributed by atoms with Crippen molar-refractivity contribution in [2.75, 3.05) is 27.2 Å². The summed E-state index contributed by atoms with van der Waals surface area (Å²) in [7, 11) is 4.09. The molecule has 5 heteroatoms.